The minimum atomic E-state index is -0.863. The number of nitriles is 1. The number of rotatable bonds is 3. The number of hydrogen-bond donors (Lipinski definition) is 1. The van der Waals surface area contributed by atoms with E-state index in [2.05, 4.69) is 18.3 Å². The number of hydrogen-bond acceptors (Lipinski definition) is 2. The van der Waals surface area contributed by atoms with Gasteiger partial charge in [-0.1, -0.05) is 31.0 Å². The first-order valence-electron chi connectivity index (χ1n) is 7.19. The predicted octanol–water partition coefficient (Wildman–Crippen LogP) is 4.07. The van der Waals surface area contributed by atoms with E-state index in [1.807, 2.05) is 0 Å². The van der Waals surface area contributed by atoms with Crippen molar-refractivity contribution in [3.63, 3.8) is 0 Å². The Balaban J connectivity index is 2.14. The first-order valence-corrected chi connectivity index (χ1v) is 7.57. The number of amides is 1. The normalized spacial score (nSPS) is 25.1. The number of nitrogens with one attached hydrogen (secondary N) is 1. The molecule has 112 valence electrons. The number of carbonyl (C=O) groups excluding carboxylic acids is 1. The minimum Gasteiger partial charge on any atom is -0.334 e. The van der Waals surface area contributed by atoms with Crippen LogP contribution >= 0.6 is 11.6 Å². The van der Waals surface area contributed by atoms with Gasteiger partial charge in [-0.15, -0.1) is 0 Å². The molecule has 0 atom stereocenters. The Morgan fingerprint density at radius 1 is 1.52 bits per heavy atom. The molecule has 1 amide bonds. The van der Waals surface area contributed by atoms with Gasteiger partial charge in [0.1, 0.15) is 11.4 Å². The Kier molecular flexibility index (Phi) is 4.84. The summed E-state index contributed by atoms with van der Waals surface area (Å²) in [4.78, 5) is 12.3. The quantitative estimate of drug-likeness (QED) is 0.915. The van der Waals surface area contributed by atoms with Crippen LogP contribution in [0.25, 0.3) is 0 Å². The highest BCUT2D eigenvalue weighted by Gasteiger charge is 2.37. The van der Waals surface area contributed by atoms with Crippen molar-refractivity contribution >= 4 is 17.5 Å². The molecule has 1 N–H and O–H groups in total. The lowest BCUT2D eigenvalue weighted by atomic mass is 9.76. The molecule has 0 aromatic heterocycles. The average molecular weight is 309 g/mol. The molecule has 0 radical (unpaired) electrons. The smallest absolute Gasteiger partial charge is 0.254 e. The Labute approximate surface area is 129 Å². The topological polar surface area (TPSA) is 52.9 Å². The first kappa shape index (κ1) is 15.8. The molecule has 1 aliphatic carbocycles. The van der Waals surface area contributed by atoms with Gasteiger partial charge in [-0.3, -0.25) is 4.79 Å². The molecule has 0 bridgehead atoms. The standard InChI is InChI=1S/C16H18ClFN2O/c1-2-11-6-8-16(10-19,9-7-11)20-15(21)12-4-3-5-13(18)14(12)17/h3-5,11H,2,6-9H2,1H3,(H,20,21). The summed E-state index contributed by atoms with van der Waals surface area (Å²) >= 11 is 5.82. The molecule has 1 fully saturated rings. The monoisotopic (exact) mass is 308 g/mol. The average Bonchev–Trinajstić information content (AvgIpc) is 2.50. The molecule has 1 saturated carbocycles. The number of nitrogens with zero attached hydrogens (tertiary/aromatic N) is 1. The fourth-order valence-electron chi connectivity index (χ4n) is 2.81. The molecule has 0 unspecified atom stereocenters. The van der Waals surface area contributed by atoms with Crippen molar-refractivity contribution in [2.24, 2.45) is 5.92 Å². The van der Waals surface area contributed by atoms with E-state index in [-0.39, 0.29) is 10.6 Å². The van der Waals surface area contributed by atoms with E-state index in [0.29, 0.717) is 18.8 Å². The van der Waals surface area contributed by atoms with Crippen LogP contribution in [-0.2, 0) is 0 Å². The summed E-state index contributed by atoms with van der Waals surface area (Å²) in [5.41, 5.74) is -0.790. The highest BCUT2D eigenvalue weighted by Crippen LogP contribution is 2.34. The van der Waals surface area contributed by atoms with Crippen molar-refractivity contribution in [3.8, 4) is 6.07 Å². The van der Waals surface area contributed by atoms with Gasteiger partial charge < -0.3 is 5.32 Å². The van der Waals surface area contributed by atoms with E-state index in [9.17, 15) is 14.4 Å². The molecule has 0 aliphatic heterocycles. The largest absolute Gasteiger partial charge is 0.334 e. The van der Waals surface area contributed by atoms with Crippen LogP contribution in [-0.4, -0.2) is 11.4 Å². The zero-order chi connectivity index (χ0) is 15.5. The van der Waals surface area contributed by atoms with Crippen LogP contribution in [0.4, 0.5) is 4.39 Å². The van der Waals surface area contributed by atoms with Gasteiger partial charge in [0.05, 0.1) is 16.7 Å². The summed E-state index contributed by atoms with van der Waals surface area (Å²) in [6, 6.07) is 6.32. The van der Waals surface area contributed by atoms with Crippen molar-refractivity contribution < 1.29 is 9.18 Å². The molecule has 21 heavy (non-hydrogen) atoms. The number of carbonyl (C=O) groups is 1. The van der Waals surface area contributed by atoms with E-state index in [0.717, 1.165) is 19.3 Å². The lowest BCUT2D eigenvalue weighted by Crippen LogP contribution is -2.49. The second-order valence-electron chi connectivity index (χ2n) is 5.60. The number of benzene rings is 1. The highest BCUT2D eigenvalue weighted by atomic mass is 35.5. The molecule has 1 aromatic rings. The van der Waals surface area contributed by atoms with E-state index in [1.54, 1.807) is 0 Å². The van der Waals surface area contributed by atoms with Crippen molar-refractivity contribution in [1.82, 2.24) is 5.32 Å². The van der Waals surface area contributed by atoms with Gasteiger partial charge in [0.2, 0.25) is 0 Å². The third-order valence-electron chi connectivity index (χ3n) is 4.30. The molecule has 1 aromatic carbocycles. The Morgan fingerprint density at radius 2 is 2.19 bits per heavy atom. The molecular weight excluding hydrogens is 291 g/mol. The number of halogens is 2. The van der Waals surface area contributed by atoms with Crippen LogP contribution in [0.15, 0.2) is 18.2 Å². The minimum absolute atomic E-state index is 0.0731. The van der Waals surface area contributed by atoms with Crippen LogP contribution in [0.2, 0.25) is 5.02 Å². The fourth-order valence-corrected chi connectivity index (χ4v) is 3.02. The van der Waals surface area contributed by atoms with Gasteiger partial charge in [-0.05, 0) is 43.7 Å². The molecule has 0 spiro atoms. The third-order valence-corrected chi connectivity index (χ3v) is 4.68. The van der Waals surface area contributed by atoms with Gasteiger partial charge in [-0.25, -0.2) is 4.39 Å². The maximum atomic E-state index is 13.4. The van der Waals surface area contributed by atoms with Crippen LogP contribution in [0.1, 0.15) is 49.4 Å². The molecule has 0 heterocycles. The zero-order valence-electron chi connectivity index (χ0n) is 12.0. The van der Waals surface area contributed by atoms with Crippen LogP contribution in [0, 0.1) is 23.1 Å². The molecule has 5 heteroatoms. The van der Waals surface area contributed by atoms with Gasteiger partial charge in [0.15, 0.2) is 0 Å². The van der Waals surface area contributed by atoms with Crippen molar-refractivity contribution in [1.29, 1.82) is 5.26 Å². The fraction of sp³-hybridized carbons (Fsp3) is 0.500. The predicted molar refractivity (Wildman–Crippen MR) is 79.5 cm³/mol. The van der Waals surface area contributed by atoms with E-state index >= 15 is 0 Å². The molecule has 0 saturated heterocycles. The lowest BCUT2D eigenvalue weighted by molar-refractivity contribution is 0.0891. The molecule has 3 nitrogen and oxygen atoms in total. The summed E-state index contributed by atoms with van der Waals surface area (Å²) in [5, 5.41) is 12.0. The Hall–Kier alpha value is -1.60. The third kappa shape index (κ3) is 3.36. The van der Waals surface area contributed by atoms with Crippen LogP contribution < -0.4 is 5.32 Å². The van der Waals surface area contributed by atoms with E-state index in [1.165, 1.54) is 18.2 Å². The summed E-state index contributed by atoms with van der Waals surface area (Å²) in [6.45, 7) is 2.13. The van der Waals surface area contributed by atoms with Crippen LogP contribution in [0.3, 0.4) is 0 Å². The summed E-state index contributed by atoms with van der Waals surface area (Å²) < 4.78 is 13.4. The molecule has 1 aliphatic rings. The van der Waals surface area contributed by atoms with Gasteiger partial charge in [-0.2, -0.15) is 5.26 Å². The van der Waals surface area contributed by atoms with Crippen LogP contribution in [0.5, 0.6) is 0 Å². The maximum absolute atomic E-state index is 13.4. The van der Waals surface area contributed by atoms with E-state index < -0.39 is 17.3 Å². The van der Waals surface area contributed by atoms with Crippen molar-refractivity contribution in [3.05, 3.63) is 34.6 Å². The second kappa shape index (κ2) is 6.44. The summed E-state index contributed by atoms with van der Waals surface area (Å²) in [5.74, 6) is -0.512. The van der Waals surface area contributed by atoms with E-state index in [4.69, 9.17) is 11.6 Å². The Bertz CT molecular complexity index is 574. The summed E-state index contributed by atoms with van der Waals surface area (Å²) in [6.07, 6.45) is 4.18. The zero-order valence-corrected chi connectivity index (χ0v) is 12.7. The van der Waals surface area contributed by atoms with Gasteiger partial charge in [0, 0.05) is 0 Å². The highest BCUT2D eigenvalue weighted by molar-refractivity contribution is 6.34. The van der Waals surface area contributed by atoms with Crippen molar-refractivity contribution in [2.45, 2.75) is 44.6 Å². The lowest BCUT2D eigenvalue weighted by Gasteiger charge is -2.35. The van der Waals surface area contributed by atoms with Crippen molar-refractivity contribution in [2.75, 3.05) is 0 Å². The molecular formula is C16H18ClFN2O. The maximum Gasteiger partial charge on any atom is 0.254 e. The van der Waals surface area contributed by atoms with Gasteiger partial charge >= 0.3 is 0 Å². The second-order valence-corrected chi connectivity index (χ2v) is 5.98. The van der Waals surface area contributed by atoms with Gasteiger partial charge in [0.25, 0.3) is 5.91 Å². The first-order chi connectivity index (χ1) is 10.0. The molecule has 2 rings (SSSR count). The Morgan fingerprint density at radius 3 is 2.76 bits per heavy atom. The summed E-state index contributed by atoms with van der Waals surface area (Å²) in [7, 11) is 0. The SMILES string of the molecule is CCC1CCC(C#N)(NC(=O)c2cccc(F)c2Cl)CC1.